The summed E-state index contributed by atoms with van der Waals surface area (Å²) in [6, 6.07) is 2.92. The number of esters is 1. The molecule has 0 radical (unpaired) electrons. The first-order valence-electron chi connectivity index (χ1n) is 5.99. The molecular formula is C13H12Cl3NO3. The molecule has 1 aromatic carbocycles. The Balaban J connectivity index is 1.90. The Bertz CT molecular complexity index is 539. The van der Waals surface area contributed by atoms with Crippen molar-refractivity contribution in [2.24, 2.45) is 11.8 Å². The lowest BCUT2D eigenvalue weighted by atomic mass is 10.3. The topological polar surface area (TPSA) is 55.4 Å². The van der Waals surface area contributed by atoms with E-state index in [-0.39, 0.29) is 34.2 Å². The first kappa shape index (κ1) is 15.4. The molecule has 0 spiro atoms. The molecule has 0 saturated heterocycles. The molecule has 2 rings (SSSR count). The smallest absolute Gasteiger partial charge is 0.309 e. The molecule has 0 unspecified atom stereocenters. The third kappa shape index (κ3) is 3.78. The summed E-state index contributed by atoms with van der Waals surface area (Å²) in [5.74, 6) is -0.588. The summed E-state index contributed by atoms with van der Waals surface area (Å²) in [5, 5.41) is 3.30. The van der Waals surface area contributed by atoms with Crippen molar-refractivity contribution in [2.45, 2.75) is 13.3 Å². The van der Waals surface area contributed by atoms with Gasteiger partial charge in [0.15, 0.2) is 6.61 Å². The highest BCUT2D eigenvalue weighted by molar-refractivity contribution is 6.42. The summed E-state index contributed by atoms with van der Waals surface area (Å²) in [6.45, 7) is 1.59. The second-order valence-corrected chi connectivity index (χ2v) is 5.97. The lowest BCUT2D eigenvalue weighted by molar-refractivity contribution is -0.148. The normalized spacial score (nSPS) is 20.4. The summed E-state index contributed by atoms with van der Waals surface area (Å²) in [5.41, 5.74) is 0.249. The third-order valence-corrected chi connectivity index (χ3v) is 3.84. The van der Waals surface area contributed by atoms with Crippen LogP contribution in [0, 0.1) is 11.8 Å². The van der Waals surface area contributed by atoms with Crippen molar-refractivity contribution in [1.82, 2.24) is 0 Å². The first-order chi connectivity index (χ1) is 9.38. The summed E-state index contributed by atoms with van der Waals surface area (Å²) in [7, 11) is 0. The molecule has 1 fully saturated rings. The standard InChI is InChI=1S/C13H12Cl3NO3/c1-6-2-8(6)13(19)20-5-11(18)17-12-9(15)3-7(14)4-10(12)16/h3-4,6,8H,2,5H2,1H3,(H,17,18)/t6-,8-/m0/s1. The number of halogens is 3. The Morgan fingerprint density at radius 3 is 2.35 bits per heavy atom. The van der Waals surface area contributed by atoms with Gasteiger partial charge in [-0.05, 0) is 24.5 Å². The van der Waals surface area contributed by atoms with Crippen LogP contribution in [-0.2, 0) is 14.3 Å². The molecule has 1 aliphatic rings. The lowest BCUT2D eigenvalue weighted by Gasteiger charge is -2.10. The molecule has 1 amide bonds. The van der Waals surface area contributed by atoms with Gasteiger partial charge < -0.3 is 10.1 Å². The minimum atomic E-state index is -0.502. The van der Waals surface area contributed by atoms with Crippen molar-refractivity contribution in [3.63, 3.8) is 0 Å². The molecule has 1 saturated carbocycles. The van der Waals surface area contributed by atoms with Crippen molar-refractivity contribution in [3.05, 3.63) is 27.2 Å². The highest BCUT2D eigenvalue weighted by atomic mass is 35.5. The van der Waals surface area contributed by atoms with Crippen LogP contribution in [0.15, 0.2) is 12.1 Å². The van der Waals surface area contributed by atoms with Crippen LogP contribution in [-0.4, -0.2) is 18.5 Å². The molecule has 4 nitrogen and oxygen atoms in total. The number of hydrogen-bond donors (Lipinski definition) is 1. The maximum Gasteiger partial charge on any atom is 0.309 e. The predicted molar refractivity (Wildman–Crippen MR) is 78.3 cm³/mol. The van der Waals surface area contributed by atoms with E-state index in [0.717, 1.165) is 6.42 Å². The fourth-order valence-electron chi connectivity index (χ4n) is 1.73. The van der Waals surface area contributed by atoms with E-state index in [4.69, 9.17) is 39.5 Å². The molecule has 0 aromatic heterocycles. The lowest BCUT2D eigenvalue weighted by Crippen LogP contribution is -2.22. The fourth-order valence-corrected chi connectivity index (χ4v) is 2.64. The largest absolute Gasteiger partial charge is 0.455 e. The Labute approximate surface area is 131 Å². The molecule has 1 aromatic rings. The van der Waals surface area contributed by atoms with Gasteiger partial charge in [-0.25, -0.2) is 0 Å². The van der Waals surface area contributed by atoms with Crippen molar-refractivity contribution in [2.75, 3.05) is 11.9 Å². The van der Waals surface area contributed by atoms with Crippen LogP contribution in [0.2, 0.25) is 15.1 Å². The summed E-state index contributed by atoms with van der Waals surface area (Å²) >= 11 is 17.6. The van der Waals surface area contributed by atoms with Gasteiger partial charge in [0, 0.05) is 5.02 Å². The molecule has 7 heteroatoms. The zero-order valence-electron chi connectivity index (χ0n) is 10.6. The van der Waals surface area contributed by atoms with Gasteiger partial charge in [-0.15, -0.1) is 0 Å². The molecule has 1 aliphatic carbocycles. The van der Waals surface area contributed by atoms with Crippen LogP contribution >= 0.6 is 34.8 Å². The van der Waals surface area contributed by atoms with Crippen molar-refractivity contribution in [1.29, 1.82) is 0 Å². The number of anilines is 1. The molecule has 2 atom stereocenters. The van der Waals surface area contributed by atoms with Gasteiger partial charge in [0.2, 0.25) is 0 Å². The third-order valence-electron chi connectivity index (χ3n) is 3.03. The van der Waals surface area contributed by atoms with E-state index in [2.05, 4.69) is 5.32 Å². The molecule has 1 N–H and O–H groups in total. The molecule has 0 heterocycles. The highest BCUT2D eigenvalue weighted by Crippen LogP contribution is 2.38. The quantitative estimate of drug-likeness (QED) is 0.851. The number of benzene rings is 1. The summed E-state index contributed by atoms with van der Waals surface area (Å²) in [6.07, 6.45) is 0.815. The van der Waals surface area contributed by atoms with Gasteiger partial charge >= 0.3 is 5.97 Å². The molecule has 20 heavy (non-hydrogen) atoms. The second-order valence-electron chi connectivity index (χ2n) is 4.72. The van der Waals surface area contributed by atoms with Crippen LogP contribution in [0.4, 0.5) is 5.69 Å². The van der Waals surface area contributed by atoms with E-state index in [0.29, 0.717) is 10.9 Å². The number of carbonyl (C=O) groups excluding carboxylic acids is 2. The summed E-state index contributed by atoms with van der Waals surface area (Å²) in [4.78, 5) is 23.2. The van der Waals surface area contributed by atoms with Crippen LogP contribution < -0.4 is 5.32 Å². The fraction of sp³-hybridized carbons (Fsp3) is 0.385. The molecular weight excluding hydrogens is 325 g/mol. The van der Waals surface area contributed by atoms with Gasteiger partial charge in [0.1, 0.15) is 0 Å². The van der Waals surface area contributed by atoms with Crippen molar-refractivity contribution >= 4 is 52.4 Å². The Hall–Kier alpha value is -0.970. The highest BCUT2D eigenvalue weighted by Gasteiger charge is 2.40. The Kier molecular flexibility index (Phi) is 4.78. The number of carbonyl (C=O) groups is 2. The molecule has 0 bridgehead atoms. The first-order valence-corrected chi connectivity index (χ1v) is 7.13. The second kappa shape index (κ2) is 6.20. The van der Waals surface area contributed by atoms with Crippen LogP contribution in [0.1, 0.15) is 13.3 Å². The number of amides is 1. The van der Waals surface area contributed by atoms with E-state index < -0.39 is 5.91 Å². The SMILES string of the molecule is C[C@H]1C[C@@H]1C(=O)OCC(=O)Nc1c(Cl)cc(Cl)cc1Cl. The maximum atomic E-state index is 11.7. The van der Waals surface area contributed by atoms with Gasteiger partial charge in [-0.2, -0.15) is 0 Å². The van der Waals surface area contributed by atoms with E-state index in [1.165, 1.54) is 12.1 Å². The zero-order chi connectivity index (χ0) is 14.9. The van der Waals surface area contributed by atoms with E-state index in [1.807, 2.05) is 6.92 Å². The minimum absolute atomic E-state index is 0.0782. The van der Waals surface area contributed by atoms with Gasteiger partial charge in [-0.3, -0.25) is 9.59 Å². The van der Waals surface area contributed by atoms with E-state index in [9.17, 15) is 9.59 Å². The average molecular weight is 337 g/mol. The van der Waals surface area contributed by atoms with Crippen LogP contribution in [0.3, 0.4) is 0 Å². The van der Waals surface area contributed by atoms with E-state index in [1.54, 1.807) is 0 Å². The maximum absolute atomic E-state index is 11.7. The number of hydrogen-bond acceptors (Lipinski definition) is 3. The summed E-state index contributed by atoms with van der Waals surface area (Å²) < 4.78 is 4.91. The average Bonchev–Trinajstić information content (AvgIpc) is 3.08. The predicted octanol–water partition coefficient (Wildman–Crippen LogP) is 3.78. The van der Waals surface area contributed by atoms with Gasteiger partial charge in [0.05, 0.1) is 21.7 Å². The zero-order valence-corrected chi connectivity index (χ0v) is 12.9. The number of ether oxygens (including phenoxy) is 1. The van der Waals surface area contributed by atoms with E-state index >= 15 is 0 Å². The number of rotatable bonds is 4. The van der Waals surface area contributed by atoms with Crippen molar-refractivity contribution < 1.29 is 14.3 Å². The molecule has 0 aliphatic heterocycles. The Morgan fingerprint density at radius 1 is 1.30 bits per heavy atom. The molecule has 108 valence electrons. The monoisotopic (exact) mass is 335 g/mol. The van der Waals surface area contributed by atoms with Gasteiger partial charge in [0.25, 0.3) is 5.91 Å². The van der Waals surface area contributed by atoms with Crippen LogP contribution in [0.5, 0.6) is 0 Å². The minimum Gasteiger partial charge on any atom is -0.455 e. The Morgan fingerprint density at radius 2 is 1.85 bits per heavy atom. The van der Waals surface area contributed by atoms with Crippen molar-refractivity contribution in [3.8, 4) is 0 Å². The van der Waals surface area contributed by atoms with Crippen LogP contribution in [0.25, 0.3) is 0 Å². The van der Waals surface area contributed by atoms with Gasteiger partial charge in [-0.1, -0.05) is 41.7 Å². The number of nitrogens with one attached hydrogen (secondary N) is 1.